The fraction of sp³-hybridized carbons (Fsp3) is 0.538. The van der Waals surface area contributed by atoms with Crippen molar-refractivity contribution in [3.63, 3.8) is 0 Å². The molecular formula is C13H18O2. The van der Waals surface area contributed by atoms with Crippen molar-refractivity contribution in [3.05, 3.63) is 35.8 Å². The highest BCUT2D eigenvalue weighted by Crippen LogP contribution is 2.41. The monoisotopic (exact) mass is 206 g/mol. The number of hydrogen-bond acceptors (Lipinski definition) is 2. The summed E-state index contributed by atoms with van der Waals surface area (Å²) in [6.45, 7) is 10.0. The van der Waals surface area contributed by atoms with E-state index in [1.807, 2.05) is 26.0 Å². The molecule has 2 heterocycles. The predicted molar refractivity (Wildman–Crippen MR) is 59.7 cm³/mol. The van der Waals surface area contributed by atoms with Crippen LogP contribution in [0.3, 0.4) is 0 Å². The molecule has 1 saturated heterocycles. The summed E-state index contributed by atoms with van der Waals surface area (Å²) in [4.78, 5) is 0. The quantitative estimate of drug-likeness (QED) is 0.690. The first kappa shape index (κ1) is 10.5. The summed E-state index contributed by atoms with van der Waals surface area (Å²) in [7, 11) is 0. The van der Waals surface area contributed by atoms with Crippen LogP contribution in [0.2, 0.25) is 0 Å². The maximum absolute atomic E-state index is 6.02. The van der Waals surface area contributed by atoms with Gasteiger partial charge in [-0.05, 0) is 45.7 Å². The van der Waals surface area contributed by atoms with Crippen molar-refractivity contribution in [1.29, 1.82) is 0 Å². The van der Waals surface area contributed by atoms with Crippen LogP contribution in [0.1, 0.15) is 38.2 Å². The Hall–Kier alpha value is -1.02. The van der Waals surface area contributed by atoms with Crippen LogP contribution in [0.25, 0.3) is 0 Å². The second-order valence-electron chi connectivity index (χ2n) is 4.63. The molecule has 0 aromatic carbocycles. The van der Waals surface area contributed by atoms with Gasteiger partial charge in [-0.2, -0.15) is 0 Å². The van der Waals surface area contributed by atoms with Gasteiger partial charge in [0.15, 0.2) is 0 Å². The molecular weight excluding hydrogens is 188 g/mol. The summed E-state index contributed by atoms with van der Waals surface area (Å²) in [5, 5.41) is 0. The van der Waals surface area contributed by atoms with Gasteiger partial charge in [0.05, 0.1) is 6.10 Å². The summed E-state index contributed by atoms with van der Waals surface area (Å²) in [5.41, 5.74) is 0.833. The molecule has 0 bridgehead atoms. The summed E-state index contributed by atoms with van der Waals surface area (Å²) >= 11 is 0. The highest BCUT2D eigenvalue weighted by molar-refractivity contribution is 5.16. The number of hydrogen-bond donors (Lipinski definition) is 0. The molecule has 0 amide bonds. The lowest BCUT2D eigenvalue weighted by Crippen LogP contribution is -2.21. The summed E-state index contributed by atoms with van der Waals surface area (Å²) in [6.07, 6.45) is 2.21. The standard InChI is InChI=1S/C13H18O2/c1-9(2)11-7-8-13(4,15-11)12-6-5-10(3)14-12/h5-6,11H,1,7-8H2,2-4H3. The molecule has 1 fully saturated rings. The third kappa shape index (κ3) is 1.86. The molecule has 1 aliphatic heterocycles. The summed E-state index contributed by atoms with van der Waals surface area (Å²) in [6, 6.07) is 3.99. The van der Waals surface area contributed by atoms with Crippen molar-refractivity contribution in [3.8, 4) is 0 Å². The summed E-state index contributed by atoms with van der Waals surface area (Å²) in [5.74, 6) is 1.87. The van der Waals surface area contributed by atoms with Crippen molar-refractivity contribution in [1.82, 2.24) is 0 Å². The number of furan rings is 1. The van der Waals surface area contributed by atoms with Gasteiger partial charge in [0, 0.05) is 0 Å². The zero-order valence-corrected chi connectivity index (χ0v) is 9.67. The Morgan fingerprint density at radius 1 is 1.53 bits per heavy atom. The van der Waals surface area contributed by atoms with Gasteiger partial charge in [-0.1, -0.05) is 12.2 Å². The van der Waals surface area contributed by atoms with Gasteiger partial charge in [0.1, 0.15) is 17.1 Å². The Morgan fingerprint density at radius 2 is 2.27 bits per heavy atom. The van der Waals surface area contributed by atoms with E-state index in [1.54, 1.807) is 0 Å². The molecule has 2 heteroatoms. The van der Waals surface area contributed by atoms with Crippen LogP contribution in [0.15, 0.2) is 28.7 Å². The third-order valence-electron chi connectivity index (χ3n) is 3.10. The highest BCUT2D eigenvalue weighted by atomic mass is 16.5. The molecule has 2 unspecified atom stereocenters. The fourth-order valence-electron chi connectivity index (χ4n) is 2.09. The lowest BCUT2D eigenvalue weighted by Gasteiger charge is -2.22. The van der Waals surface area contributed by atoms with Gasteiger partial charge in [-0.3, -0.25) is 0 Å². The van der Waals surface area contributed by atoms with E-state index in [9.17, 15) is 0 Å². The zero-order valence-electron chi connectivity index (χ0n) is 9.67. The second kappa shape index (κ2) is 3.53. The van der Waals surface area contributed by atoms with Crippen molar-refractivity contribution in [2.24, 2.45) is 0 Å². The van der Waals surface area contributed by atoms with Crippen molar-refractivity contribution in [2.75, 3.05) is 0 Å². The Balaban J connectivity index is 2.19. The van der Waals surface area contributed by atoms with E-state index in [-0.39, 0.29) is 11.7 Å². The Morgan fingerprint density at radius 3 is 2.73 bits per heavy atom. The molecule has 0 saturated carbocycles. The van der Waals surface area contributed by atoms with Gasteiger partial charge in [0.2, 0.25) is 0 Å². The van der Waals surface area contributed by atoms with Gasteiger partial charge >= 0.3 is 0 Å². The van der Waals surface area contributed by atoms with Crippen molar-refractivity contribution in [2.45, 2.75) is 45.3 Å². The second-order valence-corrected chi connectivity index (χ2v) is 4.63. The Bertz CT molecular complexity index is 378. The lowest BCUT2D eigenvalue weighted by molar-refractivity contribution is -0.0324. The van der Waals surface area contributed by atoms with Crippen LogP contribution in [-0.4, -0.2) is 6.10 Å². The largest absolute Gasteiger partial charge is 0.463 e. The van der Waals surface area contributed by atoms with E-state index in [0.717, 1.165) is 29.9 Å². The molecule has 2 rings (SSSR count). The Labute approximate surface area is 90.9 Å². The minimum Gasteiger partial charge on any atom is -0.463 e. The van der Waals surface area contributed by atoms with Crippen molar-refractivity contribution >= 4 is 0 Å². The fourth-order valence-corrected chi connectivity index (χ4v) is 2.09. The van der Waals surface area contributed by atoms with E-state index in [1.165, 1.54) is 0 Å². The SMILES string of the molecule is C=C(C)C1CCC(C)(c2ccc(C)o2)O1. The van der Waals surface area contributed by atoms with Crippen LogP contribution < -0.4 is 0 Å². The van der Waals surface area contributed by atoms with Crippen molar-refractivity contribution < 1.29 is 9.15 Å². The third-order valence-corrected chi connectivity index (χ3v) is 3.10. The lowest BCUT2D eigenvalue weighted by atomic mass is 9.99. The molecule has 0 N–H and O–H groups in total. The molecule has 0 radical (unpaired) electrons. The van der Waals surface area contributed by atoms with Crippen LogP contribution in [0, 0.1) is 6.92 Å². The first-order chi connectivity index (χ1) is 7.01. The molecule has 2 atom stereocenters. The van der Waals surface area contributed by atoms with E-state index >= 15 is 0 Å². The maximum Gasteiger partial charge on any atom is 0.135 e. The maximum atomic E-state index is 6.02. The van der Waals surface area contributed by atoms with Gasteiger partial charge < -0.3 is 9.15 Å². The number of aryl methyl sites for hydroxylation is 1. The van der Waals surface area contributed by atoms with E-state index in [4.69, 9.17) is 9.15 Å². The molecule has 1 aromatic rings. The topological polar surface area (TPSA) is 22.4 Å². The van der Waals surface area contributed by atoms with E-state index < -0.39 is 0 Å². The Kier molecular flexibility index (Phi) is 2.47. The van der Waals surface area contributed by atoms with Gasteiger partial charge in [-0.15, -0.1) is 0 Å². The summed E-state index contributed by atoms with van der Waals surface area (Å²) < 4.78 is 11.7. The van der Waals surface area contributed by atoms with E-state index in [0.29, 0.717) is 0 Å². The van der Waals surface area contributed by atoms with Crippen LogP contribution in [0.4, 0.5) is 0 Å². The molecule has 15 heavy (non-hydrogen) atoms. The molecule has 2 nitrogen and oxygen atoms in total. The number of ether oxygens (including phenoxy) is 1. The van der Waals surface area contributed by atoms with E-state index in [2.05, 4.69) is 13.5 Å². The van der Waals surface area contributed by atoms with Crippen LogP contribution in [0.5, 0.6) is 0 Å². The minimum atomic E-state index is -0.266. The minimum absolute atomic E-state index is 0.181. The highest BCUT2D eigenvalue weighted by Gasteiger charge is 2.40. The predicted octanol–water partition coefficient (Wildman–Crippen LogP) is 3.56. The molecule has 1 aromatic heterocycles. The molecule has 82 valence electrons. The first-order valence-corrected chi connectivity index (χ1v) is 5.41. The average molecular weight is 206 g/mol. The first-order valence-electron chi connectivity index (χ1n) is 5.41. The normalized spacial score (nSPS) is 30.7. The molecule has 0 aliphatic carbocycles. The molecule has 1 aliphatic rings. The van der Waals surface area contributed by atoms with Gasteiger partial charge in [-0.25, -0.2) is 0 Å². The number of rotatable bonds is 2. The average Bonchev–Trinajstić information content (AvgIpc) is 2.73. The van der Waals surface area contributed by atoms with Crippen LogP contribution >= 0.6 is 0 Å². The van der Waals surface area contributed by atoms with Gasteiger partial charge in [0.25, 0.3) is 0 Å². The smallest absolute Gasteiger partial charge is 0.135 e. The van der Waals surface area contributed by atoms with Crippen LogP contribution in [-0.2, 0) is 10.3 Å². The zero-order chi connectivity index (χ0) is 11.1. The molecule has 0 spiro atoms.